The molecule has 0 bridgehead atoms. The number of para-hydroxylation sites is 2. The number of nitriles is 1. The van der Waals surface area contributed by atoms with Gasteiger partial charge in [-0.15, -0.1) is 0 Å². The Morgan fingerprint density at radius 3 is 1.23 bits per heavy atom. The van der Waals surface area contributed by atoms with Crippen molar-refractivity contribution in [2.45, 2.75) is 26.6 Å². The Hall–Kier alpha value is -10.2. The molecule has 0 aliphatic carbocycles. The van der Waals surface area contributed by atoms with E-state index in [-0.39, 0.29) is 0 Å². The third-order valence-corrected chi connectivity index (χ3v) is 18.5. The first kappa shape index (κ1) is 46.1. The van der Waals surface area contributed by atoms with Crippen LogP contribution < -0.4 is 15.0 Å². The van der Waals surface area contributed by atoms with Crippen LogP contribution in [0.15, 0.2) is 231 Å². The molecule has 372 valence electrons. The van der Waals surface area contributed by atoms with Crippen molar-refractivity contribution < 1.29 is 0 Å². The summed E-state index contributed by atoms with van der Waals surface area (Å²) in [6.07, 6.45) is 0. The monoisotopic (exact) mass is 1030 g/mol. The van der Waals surface area contributed by atoms with E-state index >= 15 is 0 Å². The van der Waals surface area contributed by atoms with Gasteiger partial charge in [0.25, 0.3) is 0 Å². The number of rotatable bonds is 9. The predicted molar refractivity (Wildman–Crippen MR) is 335 cm³/mol. The Bertz CT molecular complexity index is 4980. The first-order chi connectivity index (χ1) is 38.7. The lowest BCUT2D eigenvalue weighted by atomic mass is 9.89. The normalized spacial score (nSPS) is 12.0. The molecule has 0 saturated carbocycles. The van der Waals surface area contributed by atoms with Gasteiger partial charge in [-0.2, -0.15) is 5.26 Å². The third kappa shape index (κ3) is 6.80. The molecular weight excluding hydrogens is 977 g/mol. The average Bonchev–Trinajstić information content (AvgIpc) is 2.04. The van der Waals surface area contributed by atoms with E-state index in [0.717, 1.165) is 67.1 Å². The van der Waals surface area contributed by atoms with Gasteiger partial charge in [-0.3, -0.25) is 0 Å². The third-order valence-electron chi connectivity index (χ3n) is 16.4. The van der Waals surface area contributed by atoms with Crippen molar-refractivity contribution >= 4 is 129 Å². The van der Waals surface area contributed by atoms with Crippen LogP contribution in [0.25, 0.3) is 103 Å². The molecule has 15 aromatic rings. The van der Waals surface area contributed by atoms with E-state index in [9.17, 15) is 5.26 Å². The number of anilines is 6. The van der Waals surface area contributed by atoms with Crippen LogP contribution in [0.1, 0.15) is 11.1 Å². The van der Waals surface area contributed by atoms with Crippen molar-refractivity contribution in [3.63, 3.8) is 0 Å². The molecule has 0 spiro atoms. The van der Waals surface area contributed by atoms with E-state index in [0.29, 0.717) is 11.3 Å². The number of nitrogens with zero attached hydrogens (tertiary/aromatic N) is 6. The van der Waals surface area contributed by atoms with Crippen LogP contribution in [-0.4, -0.2) is 16.9 Å². The van der Waals surface area contributed by atoms with Gasteiger partial charge in [-0.05, 0) is 103 Å². The minimum atomic E-state index is -1.59. The maximum atomic E-state index is 9.92. The zero-order chi connectivity index (χ0) is 53.3. The minimum Gasteiger partial charge on any atom is -0.310 e. The van der Waals surface area contributed by atoms with Crippen molar-refractivity contribution in [3.8, 4) is 28.3 Å². The first-order valence-corrected chi connectivity index (χ1v) is 30.4. The summed E-state index contributed by atoms with van der Waals surface area (Å²) in [5, 5.41) is 20.8. The van der Waals surface area contributed by atoms with E-state index in [1.54, 1.807) is 0 Å². The van der Waals surface area contributed by atoms with Gasteiger partial charge in [0.2, 0.25) is 0 Å². The van der Waals surface area contributed by atoms with E-state index in [1.807, 2.05) is 24.3 Å². The molecule has 11 aromatic carbocycles. The van der Waals surface area contributed by atoms with E-state index in [2.05, 4.69) is 262 Å². The summed E-state index contributed by atoms with van der Waals surface area (Å²) in [5.41, 5.74) is 20.3. The summed E-state index contributed by atoms with van der Waals surface area (Å²) in [6, 6.07) is 85.7. The SMILES string of the molecule is [C-]#[N+]c1ccc(N(c2ccc(C)cc2)c2cccc3c2c2cccc4c5c(-c6ccccc6)c6c(c(-c7ccccc7)c5n3c24)c2cccc3c4c(N(c5ccc(C#N)cc5)c5ccc([Si](C)(C)C)cc5)cccc4n6c32)cc1. The van der Waals surface area contributed by atoms with Crippen LogP contribution in [0.4, 0.5) is 39.8 Å². The lowest BCUT2D eigenvalue weighted by Crippen LogP contribution is -2.37. The largest absolute Gasteiger partial charge is 0.310 e. The Kier molecular flexibility index (Phi) is 10.2. The lowest BCUT2D eigenvalue weighted by molar-refractivity contribution is 1.29. The maximum Gasteiger partial charge on any atom is 0.187 e. The first-order valence-electron chi connectivity index (χ1n) is 26.9. The molecule has 79 heavy (non-hydrogen) atoms. The molecule has 0 radical (unpaired) electrons. The number of hydrogen-bond donors (Lipinski definition) is 0. The second-order valence-electron chi connectivity index (χ2n) is 21.9. The number of aryl methyl sites for hydroxylation is 1. The van der Waals surface area contributed by atoms with Gasteiger partial charge < -0.3 is 18.6 Å². The lowest BCUT2D eigenvalue weighted by Gasteiger charge is -2.27. The summed E-state index contributed by atoms with van der Waals surface area (Å²) in [7, 11) is -1.59. The van der Waals surface area contributed by atoms with Crippen molar-refractivity contribution in [2.75, 3.05) is 9.80 Å². The highest BCUT2D eigenvalue weighted by Gasteiger charge is 2.32. The highest BCUT2D eigenvalue weighted by Crippen LogP contribution is 2.56. The summed E-state index contributed by atoms with van der Waals surface area (Å²) in [6.45, 7) is 17.1. The molecule has 4 heterocycles. The van der Waals surface area contributed by atoms with E-state index < -0.39 is 8.07 Å². The zero-order valence-corrected chi connectivity index (χ0v) is 45.1. The van der Waals surface area contributed by atoms with Crippen molar-refractivity contribution in [1.82, 2.24) is 8.80 Å². The zero-order valence-electron chi connectivity index (χ0n) is 44.1. The Morgan fingerprint density at radius 2 is 0.810 bits per heavy atom. The summed E-state index contributed by atoms with van der Waals surface area (Å²) < 4.78 is 5.16. The number of hydrogen-bond acceptors (Lipinski definition) is 3. The Labute approximate surface area is 458 Å². The van der Waals surface area contributed by atoms with Gasteiger partial charge in [-0.1, -0.05) is 176 Å². The second-order valence-corrected chi connectivity index (χ2v) is 27.0. The quantitative estimate of drug-likeness (QED) is 0.107. The summed E-state index contributed by atoms with van der Waals surface area (Å²) >= 11 is 0. The molecule has 6 nitrogen and oxygen atoms in total. The average molecular weight is 1030 g/mol. The van der Waals surface area contributed by atoms with Crippen LogP contribution in [-0.2, 0) is 0 Å². The van der Waals surface area contributed by atoms with Gasteiger partial charge in [0.05, 0.1) is 70.8 Å². The number of benzene rings is 11. The molecule has 4 aromatic heterocycles. The molecular formula is C72H50N6Si. The number of aromatic nitrogens is 2. The highest BCUT2D eigenvalue weighted by atomic mass is 28.3. The summed E-state index contributed by atoms with van der Waals surface area (Å²) in [5.74, 6) is 0. The molecule has 15 rings (SSSR count). The van der Waals surface area contributed by atoms with Crippen LogP contribution >= 0.6 is 0 Å². The van der Waals surface area contributed by atoms with Crippen molar-refractivity contribution in [3.05, 3.63) is 253 Å². The smallest absolute Gasteiger partial charge is 0.187 e. The van der Waals surface area contributed by atoms with Crippen molar-refractivity contribution in [1.29, 1.82) is 5.26 Å². The minimum absolute atomic E-state index is 0.609. The Balaban J connectivity index is 1.10. The molecule has 7 heteroatoms. The molecule has 0 fully saturated rings. The fraction of sp³-hybridized carbons (Fsp3) is 0.0556. The molecule has 0 aliphatic heterocycles. The predicted octanol–water partition coefficient (Wildman–Crippen LogP) is 19.5. The summed E-state index contributed by atoms with van der Waals surface area (Å²) in [4.78, 5) is 8.48. The van der Waals surface area contributed by atoms with Gasteiger partial charge in [0.1, 0.15) is 0 Å². The van der Waals surface area contributed by atoms with Gasteiger partial charge in [0.15, 0.2) is 5.69 Å². The van der Waals surface area contributed by atoms with Gasteiger partial charge >= 0.3 is 0 Å². The second kappa shape index (κ2) is 17.4. The van der Waals surface area contributed by atoms with Crippen molar-refractivity contribution in [2.24, 2.45) is 0 Å². The van der Waals surface area contributed by atoms with E-state index in [1.165, 1.54) is 76.3 Å². The molecule has 0 atom stereocenters. The van der Waals surface area contributed by atoms with Crippen LogP contribution in [0.5, 0.6) is 0 Å². The molecule has 0 saturated heterocycles. The van der Waals surface area contributed by atoms with Gasteiger partial charge in [-0.25, -0.2) is 4.85 Å². The van der Waals surface area contributed by atoms with Crippen LogP contribution in [0, 0.1) is 24.8 Å². The van der Waals surface area contributed by atoms with Gasteiger partial charge in [0, 0.05) is 77.0 Å². The van der Waals surface area contributed by atoms with Crippen LogP contribution in [0.2, 0.25) is 19.6 Å². The molecule has 0 N–H and O–H groups in total. The molecule has 0 unspecified atom stereocenters. The van der Waals surface area contributed by atoms with E-state index in [4.69, 9.17) is 6.57 Å². The molecule has 0 amide bonds. The maximum absolute atomic E-state index is 9.92. The standard InChI is InChI=1S/C72H50N6Si/c1-45-28-34-50(35-29-45)75(52-38-32-49(74-2)33-39-52)59-24-14-26-61-65(59)55-20-12-22-57-67-64(48-18-10-7-11-19-48)72-68(63(47-16-8-6-9-17-47)71(67)77(61)69(55)57)58-23-13-21-56-66-60(25-15-27-62(66)78(72)70(56)58)76(51-36-30-46(44-73)31-37-51)53-40-42-54(43-41-53)79(3,4)5/h6-43H,1,3-5H3. The fourth-order valence-electron chi connectivity index (χ4n) is 12.9. The van der Waals surface area contributed by atoms with Crippen LogP contribution in [0.3, 0.4) is 0 Å². The fourth-order valence-corrected chi connectivity index (χ4v) is 14.1. The molecule has 0 aliphatic rings. The highest BCUT2D eigenvalue weighted by molar-refractivity contribution is 6.88. The number of fused-ring (bicyclic) bond motifs is 12. The Morgan fingerprint density at radius 1 is 0.418 bits per heavy atom. The topological polar surface area (TPSA) is 43.5 Å².